The Labute approximate surface area is 282 Å². The minimum atomic E-state index is 0.167. The molecule has 0 radical (unpaired) electrons. The molecule has 0 nitrogen and oxygen atoms in total. The van der Waals surface area contributed by atoms with Gasteiger partial charge in [0, 0.05) is 0 Å². The van der Waals surface area contributed by atoms with Crippen LogP contribution in [0.3, 0.4) is 0 Å². The molecule has 0 bridgehead atoms. The fourth-order valence-corrected chi connectivity index (χ4v) is 6.14. The molecule has 2 aliphatic carbocycles. The Kier molecular flexibility index (Phi) is 10.8. The van der Waals surface area contributed by atoms with Crippen molar-refractivity contribution in [2.45, 2.75) is 86.0 Å². The number of rotatable bonds is 2. The van der Waals surface area contributed by atoms with Crippen molar-refractivity contribution in [2.24, 2.45) is 5.41 Å². The minimum absolute atomic E-state index is 0.167. The van der Waals surface area contributed by atoms with E-state index in [-0.39, 0.29) is 10.8 Å². The van der Waals surface area contributed by atoms with E-state index in [0.717, 1.165) is 12.8 Å². The van der Waals surface area contributed by atoms with Crippen LogP contribution in [0.1, 0.15) is 102 Å². The third-order valence-electron chi connectivity index (χ3n) is 8.15. The van der Waals surface area contributed by atoms with Crippen molar-refractivity contribution in [2.75, 3.05) is 0 Å². The Hall–Kier alpha value is -2.89. The number of fused-ring (bicyclic) bond motifs is 3. The third kappa shape index (κ3) is 8.85. The summed E-state index contributed by atoms with van der Waals surface area (Å²) in [6.07, 6.45) is 9.53. The number of allylic oxidation sites excluding steroid dienone is 4. The second-order valence-corrected chi connectivity index (χ2v) is 16.1. The average Bonchev–Trinajstić information content (AvgIpc) is 3.66. The molecule has 2 aliphatic rings. The molecule has 0 N–H and O–H groups in total. The van der Waals surface area contributed by atoms with Gasteiger partial charge in [0.1, 0.15) is 0 Å². The predicted molar refractivity (Wildman–Crippen MR) is 187 cm³/mol. The first-order valence-electron chi connectivity index (χ1n) is 15.8. The first-order chi connectivity index (χ1) is 20.6. The van der Waals surface area contributed by atoms with Crippen LogP contribution < -0.4 is 0 Å². The molecule has 0 atom stereocenters. The van der Waals surface area contributed by atoms with Crippen LogP contribution in [-0.2, 0) is 41.5 Å². The summed E-state index contributed by atoms with van der Waals surface area (Å²) in [5.41, 5.74) is 13.1. The van der Waals surface area contributed by atoms with Crippen LogP contribution in [0.2, 0.25) is 0 Å². The second kappa shape index (κ2) is 14.0. The summed E-state index contributed by atoms with van der Waals surface area (Å²) in [7, 11) is 0. The Bertz CT molecular complexity index is 1530. The Morgan fingerprint density at radius 1 is 0.636 bits per heavy atom. The molecule has 6 rings (SSSR count). The predicted octanol–water partition coefficient (Wildman–Crippen LogP) is 11.2. The van der Waals surface area contributed by atoms with Gasteiger partial charge in [-0.25, -0.2) is 6.08 Å². The molecule has 0 aliphatic heterocycles. The van der Waals surface area contributed by atoms with Crippen molar-refractivity contribution < 1.29 is 24.2 Å². The first-order valence-corrected chi connectivity index (χ1v) is 17.0. The zero-order valence-corrected chi connectivity index (χ0v) is 30.7. The summed E-state index contributed by atoms with van der Waals surface area (Å²) in [5, 5.41) is 0. The van der Waals surface area contributed by atoms with Crippen LogP contribution in [0.25, 0.3) is 11.1 Å². The van der Waals surface area contributed by atoms with E-state index in [0.29, 0.717) is 5.41 Å². The summed E-state index contributed by atoms with van der Waals surface area (Å²) >= 11 is 1.46. The standard InChI is InChI=1S/C21H25.C13H10.C9H13.Zr/c1-20(2,3)16-7-9-18-14(12-16)11-15-13-17(21(4,5)6)8-10-19(15)18;1-3-7-12(8-4-1)11-13-9-5-2-6-10-13;1-9(2,3)8-6-4-5-7-8;/h7-10,12H,11H2,1-6H3;1-10H;6-7H,4H2,1-3H3;/q-1;;-1;+2. The average molecular weight is 656 g/mol. The van der Waals surface area contributed by atoms with Crippen molar-refractivity contribution in [3.8, 4) is 11.1 Å². The van der Waals surface area contributed by atoms with Gasteiger partial charge in [-0.3, -0.25) is 6.08 Å². The van der Waals surface area contributed by atoms with E-state index in [2.05, 4.69) is 178 Å². The molecule has 224 valence electrons. The van der Waals surface area contributed by atoms with Gasteiger partial charge < -0.3 is 0 Å². The molecule has 0 aromatic heterocycles. The van der Waals surface area contributed by atoms with Crippen molar-refractivity contribution in [3.63, 3.8) is 0 Å². The van der Waals surface area contributed by atoms with Gasteiger partial charge in [0.2, 0.25) is 0 Å². The van der Waals surface area contributed by atoms with Gasteiger partial charge >= 0.3 is 99.2 Å². The van der Waals surface area contributed by atoms with Gasteiger partial charge in [-0.1, -0.05) is 91.5 Å². The van der Waals surface area contributed by atoms with Crippen molar-refractivity contribution in [1.82, 2.24) is 0 Å². The van der Waals surface area contributed by atoms with Crippen molar-refractivity contribution in [3.05, 3.63) is 154 Å². The monoisotopic (exact) mass is 654 g/mol. The fraction of sp³-hybridized carbons (Fsp3) is 0.326. The molecule has 4 aromatic rings. The van der Waals surface area contributed by atoms with Crippen LogP contribution in [0.15, 0.2) is 109 Å². The van der Waals surface area contributed by atoms with Crippen LogP contribution in [0, 0.1) is 17.6 Å². The third-order valence-corrected chi connectivity index (χ3v) is 9.57. The molecule has 0 spiro atoms. The SMILES string of the molecule is CC(C)(C)C1=CC[C-]=C1.CC(C)(C)c1[c-]c2c(cc1)-c1ccc(C(C)(C)C)cc1C2.[Zr+2]=[C](c1ccccc1)c1ccccc1. The zero-order chi connectivity index (χ0) is 32.1. The molecule has 0 saturated carbocycles. The Balaban J connectivity index is 0.000000165. The van der Waals surface area contributed by atoms with Gasteiger partial charge in [0.25, 0.3) is 0 Å². The molecular weight excluding hydrogens is 608 g/mol. The maximum atomic E-state index is 3.67. The van der Waals surface area contributed by atoms with Crippen LogP contribution >= 0.6 is 0 Å². The van der Waals surface area contributed by atoms with E-state index >= 15 is 0 Å². The number of hydrogen-bond donors (Lipinski definition) is 0. The Morgan fingerprint density at radius 3 is 1.66 bits per heavy atom. The van der Waals surface area contributed by atoms with Gasteiger partial charge in [-0.15, -0.1) is 17.5 Å². The van der Waals surface area contributed by atoms with Gasteiger partial charge in [0.15, 0.2) is 0 Å². The Morgan fingerprint density at radius 2 is 1.20 bits per heavy atom. The van der Waals surface area contributed by atoms with Crippen LogP contribution in [-0.4, -0.2) is 3.21 Å². The molecule has 0 fully saturated rings. The molecule has 0 unspecified atom stereocenters. The summed E-state index contributed by atoms with van der Waals surface area (Å²) in [6, 6.07) is 36.3. The summed E-state index contributed by atoms with van der Waals surface area (Å²) in [5.74, 6) is 0. The molecule has 0 saturated heterocycles. The number of benzene rings is 4. The summed E-state index contributed by atoms with van der Waals surface area (Å²) < 4.78 is 1.42. The zero-order valence-electron chi connectivity index (χ0n) is 28.2. The van der Waals surface area contributed by atoms with Crippen LogP contribution in [0.5, 0.6) is 0 Å². The van der Waals surface area contributed by atoms with Crippen LogP contribution in [0.4, 0.5) is 0 Å². The maximum absolute atomic E-state index is 3.67. The molecule has 44 heavy (non-hydrogen) atoms. The van der Waals surface area contributed by atoms with Gasteiger partial charge in [-0.05, 0) is 28.4 Å². The topological polar surface area (TPSA) is 0 Å². The van der Waals surface area contributed by atoms with E-state index in [1.54, 1.807) is 0 Å². The second-order valence-electron chi connectivity index (χ2n) is 14.9. The van der Waals surface area contributed by atoms with Crippen molar-refractivity contribution in [1.29, 1.82) is 0 Å². The molecular formula is C43H48Zr. The summed E-state index contributed by atoms with van der Waals surface area (Å²) in [4.78, 5) is 0. The fourth-order valence-electron chi connectivity index (χ4n) is 5.32. The van der Waals surface area contributed by atoms with Gasteiger partial charge in [0.05, 0.1) is 0 Å². The van der Waals surface area contributed by atoms with Crippen molar-refractivity contribution >= 4 is 3.21 Å². The molecule has 4 aromatic carbocycles. The quantitative estimate of drug-likeness (QED) is 0.166. The molecule has 1 heteroatoms. The van der Waals surface area contributed by atoms with E-state index < -0.39 is 0 Å². The van der Waals surface area contributed by atoms with E-state index in [1.807, 2.05) is 0 Å². The van der Waals surface area contributed by atoms with E-state index in [9.17, 15) is 0 Å². The molecule has 0 amide bonds. The van der Waals surface area contributed by atoms with E-state index in [1.165, 1.54) is 77.5 Å². The number of hydrogen-bond acceptors (Lipinski definition) is 0. The van der Waals surface area contributed by atoms with E-state index in [4.69, 9.17) is 0 Å². The summed E-state index contributed by atoms with van der Waals surface area (Å²) in [6.45, 7) is 20.3. The first kappa shape index (κ1) is 34.0. The molecule has 0 heterocycles. The normalized spacial score (nSPS) is 13.6. The van der Waals surface area contributed by atoms with Gasteiger partial charge in [-0.2, -0.15) is 35.4 Å².